The predicted molar refractivity (Wildman–Crippen MR) is 167 cm³/mol. The van der Waals surface area contributed by atoms with E-state index in [4.69, 9.17) is 42.6 Å². The quantitative estimate of drug-likeness (QED) is 0.0574. The van der Waals surface area contributed by atoms with E-state index in [2.05, 4.69) is 21.3 Å². The van der Waals surface area contributed by atoms with E-state index in [0.717, 1.165) is 0 Å². The first-order valence-electron chi connectivity index (χ1n) is 15.8. The van der Waals surface area contributed by atoms with Gasteiger partial charge < -0.3 is 83.9 Å². The number of nitrogens with one attached hydrogen (secondary N) is 5. The molecule has 0 bridgehead atoms. The Balaban J connectivity index is 1.88. The van der Waals surface area contributed by atoms with Crippen LogP contribution in [0.2, 0.25) is 0 Å². The fraction of sp³-hybridized carbons (Fsp3) is 0.857. The molecule has 2 fully saturated rings. The highest BCUT2D eigenvalue weighted by atomic mass is 16.7. The fourth-order valence-electron chi connectivity index (χ4n) is 6.48. The maximum atomic E-state index is 13.0. The maximum Gasteiger partial charge on any atom is 0.249 e. The van der Waals surface area contributed by atoms with Gasteiger partial charge in [0.05, 0.1) is 37.4 Å². The van der Waals surface area contributed by atoms with Crippen LogP contribution in [0.1, 0.15) is 32.6 Å². The summed E-state index contributed by atoms with van der Waals surface area (Å²) in [5.41, 5.74) is 22.0. The Morgan fingerprint density at radius 1 is 1.22 bits per heavy atom. The second-order valence-corrected chi connectivity index (χ2v) is 12.6. The van der Waals surface area contributed by atoms with Crippen LogP contribution >= 0.6 is 0 Å². The summed E-state index contributed by atoms with van der Waals surface area (Å²) < 4.78 is 18.2. The number of carbonyl (C=O) groups excluding carboxylic acids is 1. The van der Waals surface area contributed by atoms with Gasteiger partial charge >= 0.3 is 0 Å². The topological polar surface area (TPSA) is 322 Å². The molecule has 2 aliphatic heterocycles. The molecule has 18 nitrogen and oxygen atoms in total. The summed E-state index contributed by atoms with van der Waals surface area (Å²) >= 11 is 0. The number of hydrogen-bond acceptors (Lipinski definition) is 15. The van der Waals surface area contributed by atoms with Crippen molar-refractivity contribution < 1.29 is 44.5 Å². The lowest BCUT2D eigenvalue weighted by atomic mass is 9.72. The van der Waals surface area contributed by atoms with Gasteiger partial charge in [0, 0.05) is 31.1 Å². The summed E-state index contributed by atoms with van der Waals surface area (Å²) in [7, 11) is 1.57. The minimum absolute atomic E-state index is 0.0578. The summed E-state index contributed by atoms with van der Waals surface area (Å²) in [6.07, 6.45) is -5.49. The summed E-state index contributed by atoms with van der Waals surface area (Å²) in [6, 6.07) is -2.93. The molecule has 13 atom stereocenters. The molecule has 0 aromatic heterocycles. The molecule has 3 aliphatic rings. The number of hydrogen-bond donors (Lipinski definition) is 14. The van der Waals surface area contributed by atoms with Crippen molar-refractivity contribution in [1.29, 1.82) is 5.41 Å². The van der Waals surface area contributed by atoms with Crippen LogP contribution in [0.4, 0.5) is 0 Å². The number of amides is 1. The van der Waals surface area contributed by atoms with Gasteiger partial charge in [0.2, 0.25) is 5.91 Å². The van der Waals surface area contributed by atoms with E-state index >= 15 is 0 Å². The van der Waals surface area contributed by atoms with Gasteiger partial charge in [-0.15, -0.1) is 0 Å². The van der Waals surface area contributed by atoms with Crippen LogP contribution in [-0.2, 0) is 19.0 Å². The first-order valence-corrected chi connectivity index (χ1v) is 15.8. The van der Waals surface area contributed by atoms with Gasteiger partial charge in [-0.1, -0.05) is 0 Å². The van der Waals surface area contributed by atoms with Crippen LogP contribution in [-0.4, -0.2) is 150 Å². The second kappa shape index (κ2) is 17.3. The van der Waals surface area contributed by atoms with Crippen molar-refractivity contribution in [3.8, 4) is 0 Å². The number of rotatable bonds is 15. The number of aliphatic hydroxyl groups excluding tert-OH is 4. The van der Waals surface area contributed by atoms with Crippen molar-refractivity contribution in [3.05, 3.63) is 11.8 Å². The van der Waals surface area contributed by atoms with Crippen molar-refractivity contribution in [1.82, 2.24) is 21.3 Å². The third-order valence-corrected chi connectivity index (χ3v) is 8.92. The zero-order valence-corrected chi connectivity index (χ0v) is 26.5. The van der Waals surface area contributed by atoms with Crippen LogP contribution in [0.5, 0.6) is 0 Å². The Morgan fingerprint density at radius 2 is 1.93 bits per heavy atom. The Morgan fingerprint density at radius 3 is 2.57 bits per heavy atom. The zero-order valence-electron chi connectivity index (χ0n) is 26.5. The molecule has 18 heteroatoms. The highest BCUT2D eigenvalue weighted by Crippen LogP contribution is 2.37. The molecule has 0 radical (unpaired) electrons. The van der Waals surface area contributed by atoms with E-state index in [1.165, 1.54) is 6.92 Å². The van der Waals surface area contributed by atoms with Crippen molar-refractivity contribution >= 4 is 11.9 Å². The van der Waals surface area contributed by atoms with Gasteiger partial charge in [0.25, 0.3) is 0 Å². The normalized spacial score (nSPS) is 37.8. The summed E-state index contributed by atoms with van der Waals surface area (Å²) in [5.74, 6) is -1.35. The molecule has 2 heterocycles. The predicted octanol–water partition coefficient (Wildman–Crippen LogP) is -5.85. The largest absolute Gasteiger partial charge is 0.492 e. The van der Waals surface area contributed by atoms with Crippen molar-refractivity contribution in [2.75, 3.05) is 39.8 Å². The first-order chi connectivity index (χ1) is 21.7. The van der Waals surface area contributed by atoms with Gasteiger partial charge in [-0.05, 0) is 52.3 Å². The highest BCUT2D eigenvalue weighted by Gasteiger charge is 2.53. The molecule has 0 aromatic carbocycles. The molecule has 46 heavy (non-hydrogen) atoms. The van der Waals surface area contributed by atoms with E-state index in [9.17, 15) is 30.3 Å². The molecule has 2 unspecified atom stereocenters. The van der Waals surface area contributed by atoms with Crippen LogP contribution in [0, 0.1) is 11.3 Å². The molecule has 3 rings (SSSR count). The summed E-state index contributed by atoms with van der Waals surface area (Å²) in [4.78, 5) is 13.0. The number of nitrogens with two attached hydrogens (primary N) is 4. The third-order valence-electron chi connectivity index (χ3n) is 8.92. The van der Waals surface area contributed by atoms with E-state index in [1.807, 2.05) is 6.08 Å². The Labute approximate surface area is 269 Å². The molecule has 1 amide bonds. The second-order valence-electron chi connectivity index (χ2n) is 12.6. The number of aliphatic hydroxyl groups is 5. The minimum Gasteiger partial charge on any atom is -0.492 e. The number of carbonyl (C=O) groups is 1. The smallest absolute Gasteiger partial charge is 0.249 e. The van der Waals surface area contributed by atoms with Crippen molar-refractivity contribution in [3.63, 3.8) is 0 Å². The summed E-state index contributed by atoms with van der Waals surface area (Å²) in [6.45, 7) is 2.01. The number of ether oxygens (including phenoxy) is 3. The Kier molecular flexibility index (Phi) is 14.4. The van der Waals surface area contributed by atoms with Crippen molar-refractivity contribution in [2.45, 2.75) is 105 Å². The Hall–Kier alpha value is -2.20. The zero-order chi connectivity index (χ0) is 34.2. The lowest BCUT2D eigenvalue weighted by Crippen LogP contribution is -2.69. The first kappa shape index (κ1) is 38.2. The van der Waals surface area contributed by atoms with Crippen LogP contribution in [0.3, 0.4) is 0 Å². The van der Waals surface area contributed by atoms with Crippen molar-refractivity contribution in [2.24, 2.45) is 28.9 Å². The van der Waals surface area contributed by atoms with Gasteiger partial charge in [-0.2, -0.15) is 0 Å². The molecule has 1 saturated carbocycles. The molecule has 266 valence electrons. The van der Waals surface area contributed by atoms with E-state index < -0.39 is 84.5 Å². The molecule has 0 spiro atoms. The monoisotopic (exact) mass is 661 g/mol. The molecule has 1 saturated heterocycles. The van der Waals surface area contributed by atoms with E-state index in [0.29, 0.717) is 25.1 Å². The lowest BCUT2D eigenvalue weighted by Gasteiger charge is -2.51. The van der Waals surface area contributed by atoms with Gasteiger partial charge in [-0.25, -0.2) is 0 Å². The lowest BCUT2D eigenvalue weighted by molar-refractivity contribution is -0.297. The van der Waals surface area contributed by atoms with Gasteiger partial charge in [0.1, 0.15) is 35.8 Å². The summed E-state index contributed by atoms with van der Waals surface area (Å²) in [5, 5.41) is 73.2. The fourth-order valence-corrected chi connectivity index (χ4v) is 6.48. The number of guanidine groups is 1. The highest BCUT2D eigenvalue weighted by molar-refractivity contribution is 5.81. The van der Waals surface area contributed by atoms with E-state index in [1.54, 1.807) is 7.05 Å². The Bertz CT molecular complexity index is 1020. The maximum absolute atomic E-state index is 13.0. The van der Waals surface area contributed by atoms with E-state index in [-0.39, 0.29) is 45.0 Å². The van der Waals surface area contributed by atoms with Crippen LogP contribution in [0.15, 0.2) is 11.8 Å². The van der Waals surface area contributed by atoms with Gasteiger partial charge in [0.15, 0.2) is 12.2 Å². The van der Waals surface area contributed by atoms with Crippen LogP contribution < -0.4 is 44.2 Å². The minimum atomic E-state index is -1.48. The van der Waals surface area contributed by atoms with Gasteiger partial charge in [-0.3, -0.25) is 10.2 Å². The van der Waals surface area contributed by atoms with Crippen LogP contribution in [0.25, 0.3) is 0 Å². The molecule has 18 N–H and O–H groups in total. The third kappa shape index (κ3) is 9.68. The molecule has 0 aromatic rings. The molecular weight excluding hydrogens is 606 g/mol. The SMILES string of the molecule is CN[C@@H]1[C@@H](O)[C@@H](O[C@H]2[C@H](NC(=O)[C@@H](O)CCNC(=N)N)C[C@H](N)C([C@H]3OC(CN)=CC[C@H]3NCC(O)CCN)[C@@H]2O)OC[C@]1(C)O. The number of likely N-dealkylation sites (N-methyl/N-ethyl adjacent to an activating group) is 1. The molecule has 1 aliphatic carbocycles. The molecular formula is C28H55N9O9. The average Bonchev–Trinajstić information content (AvgIpc) is 2.99. The standard InChI is InChI=1S/C28H55N9O9/c1-28(43)12-44-26(21(41)24(28)34-2)46-23-17(37-25(42)18(39)6-8-35-27(32)33)9-15(31)19(20(23)40)22-16(4-3-14(10-30)45-22)36-11-13(38)5-7-29/h3,13,15-24,26,34,36,38-41,43H,4-12,29-31H2,1-2H3,(H,37,42)(H4,32,33,35)/t13?,15-,16+,17+,18-,19?,20-,21+,22-,23-,24+,26+,28-/m0/s1. The average molecular weight is 662 g/mol.